The molecule has 0 aliphatic heterocycles. The summed E-state index contributed by atoms with van der Waals surface area (Å²) in [7, 11) is 2.05. The Hall–Kier alpha value is -1.32. The SMILES string of the molecule is [2H]C([2H])=C1CC(C(=O)OC)(C(=O)OC)CC1([2H])C([2H])([2H])[2H]. The Labute approximate surface area is 97.7 Å². The lowest BCUT2D eigenvalue weighted by molar-refractivity contribution is -0.168. The summed E-state index contributed by atoms with van der Waals surface area (Å²) in [4.78, 5) is 24.0. The van der Waals surface area contributed by atoms with Gasteiger partial charge in [-0.1, -0.05) is 19.0 Å². The van der Waals surface area contributed by atoms with Gasteiger partial charge in [0.15, 0.2) is 5.41 Å². The first-order valence-electron chi connectivity index (χ1n) is 7.30. The van der Waals surface area contributed by atoms with E-state index in [9.17, 15) is 9.59 Å². The van der Waals surface area contributed by atoms with Crippen molar-refractivity contribution in [3.63, 3.8) is 0 Å². The highest BCUT2D eigenvalue weighted by Gasteiger charge is 2.53. The minimum Gasteiger partial charge on any atom is -0.468 e. The van der Waals surface area contributed by atoms with E-state index >= 15 is 0 Å². The van der Waals surface area contributed by atoms with E-state index < -0.39 is 55.0 Å². The second kappa shape index (κ2) is 4.04. The lowest BCUT2D eigenvalue weighted by Gasteiger charge is -2.22. The first-order chi connectivity index (χ1) is 9.46. The van der Waals surface area contributed by atoms with Crippen LogP contribution >= 0.6 is 0 Å². The van der Waals surface area contributed by atoms with Crippen LogP contribution in [-0.2, 0) is 19.1 Å². The first-order valence-corrected chi connectivity index (χ1v) is 4.30. The molecule has 0 N–H and O–H groups in total. The normalized spacial score (nSPS) is 34.9. The van der Waals surface area contributed by atoms with E-state index in [-0.39, 0.29) is 0 Å². The van der Waals surface area contributed by atoms with Gasteiger partial charge in [0, 0.05) is 5.48 Å². The maximum Gasteiger partial charge on any atom is 0.323 e. The number of allylic oxidation sites excluding steroid dienone is 1. The molecule has 0 amide bonds. The number of hydrogen-bond acceptors (Lipinski definition) is 4. The average Bonchev–Trinajstić information content (AvgIpc) is 2.73. The van der Waals surface area contributed by atoms with E-state index in [1.165, 1.54) is 0 Å². The van der Waals surface area contributed by atoms with Crippen LogP contribution in [-0.4, -0.2) is 26.2 Å². The standard InChI is InChI=1S/C11H16O4/c1-7-5-11(6-8(7)2,9(12)14-3)10(13)15-4/h8H,1,5-6H2,2-4H3/i1D2,2D3,8D. The molecule has 1 rings (SSSR count). The van der Waals surface area contributed by atoms with E-state index in [4.69, 9.17) is 8.22 Å². The van der Waals surface area contributed by atoms with E-state index in [2.05, 4.69) is 9.47 Å². The summed E-state index contributed by atoms with van der Waals surface area (Å²) in [5.41, 5.74) is -2.42. The van der Waals surface area contributed by atoms with Gasteiger partial charge in [-0.3, -0.25) is 9.59 Å². The van der Waals surface area contributed by atoms with E-state index in [0.717, 1.165) is 14.2 Å². The molecular formula is C11H16O4. The highest BCUT2D eigenvalue weighted by molar-refractivity contribution is 6.01. The third-order valence-corrected chi connectivity index (χ3v) is 2.47. The molecule has 1 unspecified atom stereocenters. The van der Waals surface area contributed by atoms with Crippen molar-refractivity contribution in [2.75, 3.05) is 14.2 Å². The number of carbonyl (C=O) groups excluding carboxylic acids is 2. The maximum absolute atomic E-state index is 12.0. The average molecular weight is 218 g/mol. The molecule has 4 nitrogen and oxygen atoms in total. The number of hydrogen-bond donors (Lipinski definition) is 0. The van der Waals surface area contributed by atoms with Gasteiger partial charge in [0.1, 0.15) is 0 Å². The summed E-state index contributed by atoms with van der Waals surface area (Å²) in [6, 6.07) is 0. The zero-order valence-electron chi connectivity index (χ0n) is 14.5. The van der Waals surface area contributed by atoms with Gasteiger partial charge < -0.3 is 9.47 Å². The van der Waals surface area contributed by atoms with Gasteiger partial charge in [-0.05, 0) is 18.7 Å². The number of carbonyl (C=O) groups is 2. The fraction of sp³-hybridized carbons (Fsp3) is 0.636. The molecule has 1 aliphatic rings. The molecule has 0 aromatic carbocycles. The number of methoxy groups -OCH3 is 2. The molecule has 0 bridgehead atoms. The predicted molar refractivity (Wildman–Crippen MR) is 54.0 cm³/mol. The predicted octanol–water partition coefficient (Wildman–Crippen LogP) is 1.30. The second-order valence-corrected chi connectivity index (χ2v) is 3.38. The van der Waals surface area contributed by atoms with Gasteiger partial charge in [-0.25, -0.2) is 0 Å². The van der Waals surface area contributed by atoms with Crippen molar-refractivity contribution in [2.45, 2.75) is 19.7 Å². The Morgan fingerprint density at radius 2 is 2.20 bits per heavy atom. The maximum atomic E-state index is 12.0. The van der Waals surface area contributed by atoms with Gasteiger partial charge in [0.25, 0.3) is 0 Å². The molecule has 1 aliphatic carbocycles. The van der Waals surface area contributed by atoms with Crippen molar-refractivity contribution in [3.8, 4) is 0 Å². The van der Waals surface area contributed by atoms with Gasteiger partial charge in [-0.15, -0.1) is 0 Å². The Morgan fingerprint density at radius 3 is 2.53 bits per heavy atom. The summed E-state index contributed by atoms with van der Waals surface area (Å²) in [6.07, 6.45) is -1.26. The molecule has 4 heteroatoms. The smallest absolute Gasteiger partial charge is 0.323 e. The zero-order chi connectivity index (χ0) is 16.6. The van der Waals surface area contributed by atoms with Crippen molar-refractivity contribution in [1.29, 1.82) is 0 Å². The molecular weight excluding hydrogens is 196 g/mol. The number of ether oxygens (including phenoxy) is 2. The van der Waals surface area contributed by atoms with Gasteiger partial charge >= 0.3 is 11.9 Å². The van der Waals surface area contributed by atoms with E-state index in [1.807, 2.05) is 0 Å². The lowest BCUT2D eigenvalue weighted by atomic mass is 9.85. The van der Waals surface area contributed by atoms with Crippen molar-refractivity contribution in [2.24, 2.45) is 11.3 Å². The minimum absolute atomic E-state index is 0.404. The topological polar surface area (TPSA) is 52.6 Å². The fourth-order valence-corrected chi connectivity index (χ4v) is 1.64. The van der Waals surface area contributed by atoms with E-state index in [1.54, 1.807) is 0 Å². The van der Waals surface area contributed by atoms with Crippen molar-refractivity contribution in [1.82, 2.24) is 0 Å². The quantitative estimate of drug-likeness (QED) is 0.398. The lowest BCUT2D eigenvalue weighted by Crippen LogP contribution is -2.39. The highest BCUT2D eigenvalue weighted by atomic mass is 16.5. The van der Waals surface area contributed by atoms with Crippen LogP contribution in [0, 0.1) is 11.3 Å². The molecule has 0 saturated heterocycles. The second-order valence-electron chi connectivity index (χ2n) is 3.38. The zero-order valence-corrected chi connectivity index (χ0v) is 8.55. The molecule has 1 saturated carbocycles. The fourth-order valence-electron chi connectivity index (χ4n) is 1.64. The van der Waals surface area contributed by atoms with Crippen LogP contribution in [0.2, 0.25) is 0 Å². The molecule has 15 heavy (non-hydrogen) atoms. The number of esters is 2. The molecule has 0 radical (unpaired) electrons. The number of rotatable bonds is 2. The highest BCUT2D eigenvalue weighted by Crippen LogP contribution is 2.46. The van der Waals surface area contributed by atoms with Gasteiger partial charge in [0.2, 0.25) is 0 Å². The Bertz CT molecular complexity index is 477. The minimum atomic E-state index is -2.90. The first kappa shape index (κ1) is 5.68. The Balaban J connectivity index is 3.53. The van der Waals surface area contributed by atoms with Crippen molar-refractivity contribution < 1.29 is 27.3 Å². The third-order valence-electron chi connectivity index (χ3n) is 2.47. The van der Waals surface area contributed by atoms with Crippen molar-refractivity contribution in [3.05, 3.63) is 12.1 Å². The molecule has 84 valence electrons. The third kappa shape index (κ3) is 1.76. The summed E-state index contributed by atoms with van der Waals surface area (Å²) in [5, 5.41) is 0. The van der Waals surface area contributed by atoms with Crippen LogP contribution in [0.4, 0.5) is 0 Å². The molecule has 0 aromatic heterocycles. The molecule has 1 fully saturated rings. The largest absolute Gasteiger partial charge is 0.468 e. The molecule has 0 spiro atoms. The monoisotopic (exact) mass is 218 g/mol. The van der Waals surface area contributed by atoms with Crippen molar-refractivity contribution >= 4 is 11.9 Å². The van der Waals surface area contributed by atoms with Crippen LogP contribution < -0.4 is 0 Å². The van der Waals surface area contributed by atoms with Gasteiger partial charge in [0.05, 0.1) is 17.0 Å². The molecule has 0 heterocycles. The van der Waals surface area contributed by atoms with Gasteiger partial charge in [-0.2, -0.15) is 0 Å². The van der Waals surface area contributed by atoms with Crippen LogP contribution in [0.25, 0.3) is 0 Å². The Morgan fingerprint density at radius 1 is 1.60 bits per heavy atom. The summed E-state index contributed by atoms with van der Waals surface area (Å²) >= 11 is 0. The molecule has 0 aromatic rings. The summed E-state index contributed by atoms with van der Waals surface area (Å²) in [6.45, 7) is -3.80. The summed E-state index contributed by atoms with van der Waals surface area (Å²) < 4.78 is 54.3. The van der Waals surface area contributed by atoms with Crippen LogP contribution in [0.3, 0.4) is 0 Å². The summed E-state index contributed by atoms with van der Waals surface area (Å²) in [5.74, 6) is -4.45. The van der Waals surface area contributed by atoms with E-state index in [0.29, 0.717) is 0 Å². The molecule has 1 atom stereocenters. The Kier molecular flexibility index (Phi) is 1.53. The van der Waals surface area contributed by atoms with Crippen LogP contribution in [0.1, 0.15) is 27.9 Å². The van der Waals surface area contributed by atoms with Crippen LogP contribution in [0.5, 0.6) is 0 Å². The van der Waals surface area contributed by atoms with Crippen LogP contribution in [0.15, 0.2) is 12.1 Å².